The van der Waals surface area contributed by atoms with Gasteiger partial charge < -0.3 is 14.1 Å². The summed E-state index contributed by atoms with van der Waals surface area (Å²) >= 11 is 0. The van der Waals surface area contributed by atoms with Gasteiger partial charge in [0.05, 0.1) is 13.7 Å². The topological polar surface area (TPSA) is 28.9 Å². The first-order valence-corrected chi connectivity index (χ1v) is 8.40. The van der Waals surface area contributed by atoms with Crippen LogP contribution in [0.2, 0.25) is 0 Å². The van der Waals surface area contributed by atoms with Crippen molar-refractivity contribution in [2.75, 3.05) is 38.2 Å². The first-order chi connectivity index (χ1) is 11.8. The van der Waals surface area contributed by atoms with Gasteiger partial charge in [0, 0.05) is 37.3 Å². The van der Waals surface area contributed by atoms with Crippen molar-refractivity contribution in [3.63, 3.8) is 0 Å². The van der Waals surface area contributed by atoms with E-state index in [0.717, 1.165) is 49.8 Å². The van der Waals surface area contributed by atoms with Crippen LogP contribution >= 0.6 is 0 Å². The predicted molar refractivity (Wildman–Crippen MR) is 96.7 cm³/mol. The molecule has 4 nitrogen and oxygen atoms in total. The fourth-order valence-corrected chi connectivity index (χ4v) is 3.29. The molecular formula is C20H22N2O2. The highest BCUT2D eigenvalue weighted by Crippen LogP contribution is 2.23. The normalized spacial score (nSPS) is 15.8. The summed E-state index contributed by atoms with van der Waals surface area (Å²) in [7, 11) is 1.70. The van der Waals surface area contributed by atoms with Crippen molar-refractivity contribution in [2.24, 2.45) is 0 Å². The highest BCUT2D eigenvalue weighted by Gasteiger charge is 2.18. The molecule has 1 aromatic heterocycles. The quantitative estimate of drug-likeness (QED) is 0.731. The molecule has 2 heterocycles. The van der Waals surface area contributed by atoms with Crippen LogP contribution in [0.15, 0.2) is 59.0 Å². The summed E-state index contributed by atoms with van der Waals surface area (Å²) in [5.74, 6) is 1.95. The lowest BCUT2D eigenvalue weighted by Gasteiger charge is -2.35. The number of nitrogens with zero attached hydrogens (tertiary/aromatic N) is 2. The monoisotopic (exact) mass is 322 g/mol. The summed E-state index contributed by atoms with van der Waals surface area (Å²) in [6, 6.07) is 18.7. The summed E-state index contributed by atoms with van der Waals surface area (Å²) < 4.78 is 11.2. The number of furan rings is 1. The van der Waals surface area contributed by atoms with E-state index in [-0.39, 0.29) is 0 Å². The standard InChI is InChI=1S/C20H22N2O2/c1-23-18-8-6-17(7-9-18)22-12-10-21(11-13-22)15-19-14-16-4-2-3-5-20(16)24-19/h2-9,14H,10-13,15H2,1H3. The maximum Gasteiger partial charge on any atom is 0.134 e. The molecule has 0 bridgehead atoms. The average molecular weight is 322 g/mol. The molecule has 0 amide bonds. The highest BCUT2D eigenvalue weighted by molar-refractivity contribution is 5.77. The minimum absolute atomic E-state index is 0.880. The number of para-hydroxylation sites is 1. The molecule has 0 aliphatic carbocycles. The number of ether oxygens (including phenoxy) is 1. The molecule has 4 rings (SSSR count). The van der Waals surface area contributed by atoms with E-state index in [4.69, 9.17) is 9.15 Å². The summed E-state index contributed by atoms with van der Waals surface area (Å²) in [4.78, 5) is 4.88. The molecular weight excluding hydrogens is 300 g/mol. The smallest absolute Gasteiger partial charge is 0.134 e. The van der Waals surface area contributed by atoms with E-state index in [9.17, 15) is 0 Å². The Morgan fingerprint density at radius 1 is 0.958 bits per heavy atom. The van der Waals surface area contributed by atoms with Gasteiger partial charge in [-0.25, -0.2) is 0 Å². The second kappa shape index (κ2) is 6.57. The molecule has 24 heavy (non-hydrogen) atoms. The number of rotatable bonds is 4. The Kier molecular flexibility index (Phi) is 4.13. The Balaban J connectivity index is 1.36. The molecule has 1 saturated heterocycles. The Labute approximate surface area is 142 Å². The summed E-state index contributed by atoms with van der Waals surface area (Å²) in [5.41, 5.74) is 2.24. The van der Waals surface area contributed by atoms with Crippen molar-refractivity contribution in [2.45, 2.75) is 6.54 Å². The van der Waals surface area contributed by atoms with E-state index in [1.807, 2.05) is 24.3 Å². The zero-order chi connectivity index (χ0) is 16.4. The van der Waals surface area contributed by atoms with Gasteiger partial charge in [0.15, 0.2) is 0 Å². The van der Waals surface area contributed by atoms with Crippen molar-refractivity contribution in [1.29, 1.82) is 0 Å². The molecule has 3 aromatic rings. The van der Waals surface area contributed by atoms with Crippen LogP contribution in [0.1, 0.15) is 5.76 Å². The zero-order valence-electron chi connectivity index (χ0n) is 13.9. The van der Waals surface area contributed by atoms with Crippen LogP contribution in [0.25, 0.3) is 11.0 Å². The highest BCUT2D eigenvalue weighted by atomic mass is 16.5. The number of piperazine rings is 1. The fourth-order valence-electron chi connectivity index (χ4n) is 3.29. The van der Waals surface area contributed by atoms with Crippen LogP contribution in [0.4, 0.5) is 5.69 Å². The van der Waals surface area contributed by atoms with Gasteiger partial charge in [-0.2, -0.15) is 0 Å². The fraction of sp³-hybridized carbons (Fsp3) is 0.300. The van der Waals surface area contributed by atoms with Gasteiger partial charge in [-0.15, -0.1) is 0 Å². The molecule has 1 fully saturated rings. The molecule has 2 aromatic carbocycles. The minimum Gasteiger partial charge on any atom is -0.497 e. The van der Waals surface area contributed by atoms with Crippen molar-refractivity contribution in [3.05, 3.63) is 60.4 Å². The third-order valence-electron chi connectivity index (χ3n) is 4.67. The zero-order valence-corrected chi connectivity index (χ0v) is 13.9. The molecule has 0 radical (unpaired) electrons. The molecule has 124 valence electrons. The second-order valence-electron chi connectivity index (χ2n) is 6.21. The Morgan fingerprint density at radius 3 is 2.42 bits per heavy atom. The van der Waals surface area contributed by atoms with Gasteiger partial charge >= 0.3 is 0 Å². The van der Waals surface area contributed by atoms with E-state index in [1.54, 1.807) is 7.11 Å². The lowest BCUT2D eigenvalue weighted by molar-refractivity contribution is 0.233. The molecule has 0 N–H and O–H groups in total. The van der Waals surface area contributed by atoms with E-state index in [2.05, 4.69) is 40.1 Å². The number of hydrogen-bond acceptors (Lipinski definition) is 4. The van der Waals surface area contributed by atoms with Gasteiger partial charge in [-0.05, 0) is 36.4 Å². The number of fused-ring (bicyclic) bond motifs is 1. The Hall–Kier alpha value is -2.46. The van der Waals surface area contributed by atoms with Crippen LogP contribution in [-0.4, -0.2) is 38.2 Å². The number of anilines is 1. The number of hydrogen-bond donors (Lipinski definition) is 0. The third kappa shape index (κ3) is 3.10. The van der Waals surface area contributed by atoms with E-state index < -0.39 is 0 Å². The van der Waals surface area contributed by atoms with Gasteiger partial charge in [0.2, 0.25) is 0 Å². The van der Waals surface area contributed by atoms with Crippen molar-refractivity contribution < 1.29 is 9.15 Å². The van der Waals surface area contributed by atoms with Gasteiger partial charge in [-0.1, -0.05) is 18.2 Å². The minimum atomic E-state index is 0.880. The molecule has 1 aliphatic rings. The lowest BCUT2D eigenvalue weighted by atomic mass is 10.2. The first kappa shape index (κ1) is 15.1. The molecule has 0 spiro atoms. The van der Waals surface area contributed by atoms with Crippen LogP contribution in [0.5, 0.6) is 5.75 Å². The second-order valence-corrected chi connectivity index (χ2v) is 6.21. The molecule has 1 aliphatic heterocycles. The number of benzene rings is 2. The third-order valence-corrected chi connectivity index (χ3v) is 4.67. The average Bonchev–Trinajstić information content (AvgIpc) is 3.05. The predicted octanol–water partition coefficient (Wildman–Crippen LogP) is 3.76. The van der Waals surface area contributed by atoms with Crippen LogP contribution in [0, 0.1) is 0 Å². The van der Waals surface area contributed by atoms with Crippen molar-refractivity contribution in [1.82, 2.24) is 4.90 Å². The lowest BCUT2D eigenvalue weighted by Crippen LogP contribution is -2.45. The van der Waals surface area contributed by atoms with Gasteiger partial charge in [0.25, 0.3) is 0 Å². The summed E-state index contributed by atoms with van der Waals surface area (Å²) in [6.07, 6.45) is 0. The van der Waals surface area contributed by atoms with Crippen molar-refractivity contribution in [3.8, 4) is 5.75 Å². The summed E-state index contributed by atoms with van der Waals surface area (Å²) in [6.45, 7) is 5.04. The molecule has 0 saturated carbocycles. The maximum atomic E-state index is 5.94. The van der Waals surface area contributed by atoms with Crippen LogP contribution < -0.4 is 9.64 Å². The Morgan fingerprint density at radius 2 is 1.71 bits per heavy atom. The van der Waals surface area contributed by atoms with E-state index in [0.29, 0.717) is 0 Å². The van der Waals surface area contributed by atoms with Crippen LogP contribution in [0.3, 0.4) is 0 Å². The molecule has 0 unspecified atom stereocenters. The molecule has 0 atom stereocenters. The first-order valence-electron chi connectivity index (χ1n) is 8.40. The van der Waals surface area contributed by atoms with Gasteiger partial charge in [0.1, 0.15) is 17.1 Å². The van der Waals surface area contributed by atoms with Crippen molar-refractivity contribution >= 4 is 16.7 Å². The number of methoxy groups -OCH3 is 1. The largest absolute Gasteiger partial charge is 0.497 e. The Bertz CT molecular complexity index is 769. The van der Waals surface area contributed by atoms with Gasteiger partial charge in [-0.3, -0.25) is 4.90 Å². The maximum absolute atomic E-state index is 5.94. The molecule has 4 heteroatoms. The van der Waals surface area contributed by atoms with Crippen LogP contribution in [-0.2, 0) is 6.54 Å². The summed E-state index contributed by atoms with van der Waals surface area (Å²) in [5, 5.41) is 1.18. The SMILES string of the molecule is COc1ccc(N2CCN(Cc3cc4ccccc4o3)CC2)cc1. The van der Waals surface area contributed by atoms with E-state index >= 15 is 0 Å². The van der Waals surface area contributed by atoms with E-state index in [1.165, 1.54) is 11.1 Å².